The fourth-order valence-corrected chi connectivity index (χ4v) is 5.16. The number of thiazole rings is 1. The maximum absolute atomic E-state index is 13.4. The summed E-state index contributed by atoms with van der Waals surface area (Å²) < 4.78 is 46.7. The number of halogens is 3. The van der Waals surface area contributed by atoms with Crippen molar-refractivity contribution in [3.63, 3.8) is 0 Å². The lowest BCUT2D eigenvalue weighted by Gasteiger charge is -2.45. The number of hydrogen-bond donors (Lipinski definition) is 0. The number of carbonyl (C=O) groups excluding carboxylic acids is 2. The zero-order valence-electron chi connectivity index (χ0n) is 22.6. The quantitative estimate of drug-likeness (QED) is 0.358. The van der Waals surface area contributed by atoms with Gasteiger partial charge in [-0.05, 0) is 71.3 Å². The summed E-state index contributed by atoms with van der Waals surface area (Å²) in [7, 11) is 1.95. The molecule has 1 saturated heterocycles. The van der Waals surface area contributed by atoms with Gasteiger partial charge < -0.3 is 9.64 Å². The third-order valence-electron chi connectivity index (χ3n) is 6.93. The Hall–Kier alpha value is -3.25. The predicted octanol–water partition coefficient (Wildman–Crippen LogP) is 5.94. The SMILES string of the molecule is CN(Cc1ccc(C(F)(F)F)cc1-c1nccs1)C1(C)CCN(C(=O)n2ccc(C(=O)OC(C)(C)C)n2)CC1. The summed E-state index contributed by atoms with van der Waals surface area (Å²) in [4.78, 5) is 33.4. The van der Waals surface area contributed by atoms with Crippen LogP contribution in [0.15, 0.2) is 42.0 Å². The van der Waals surface area contributed by atoms with E-state index in [0.717, 1.165) is 16.3 Å². The first-order valence-electron chi connectivity index (χ1n) is 12.6. The van der Waals surface area contributed by atoms with E-state index in [1.54, 1.807) is 37.2 Å². The molecular weight excluding hydrogens is 531 g/mol. The number of nitrogens with zero attached hydrogens (tertiary/aromatic N) is 5. The number of hydrogen-bond acceptors (Lipinski definition) is 7. The van der Waals surface area contributed by atoms with Crippen molar-refractivity contribution in [1.82, 2.24) is 24.6 Å². The van der Waals surface area contributed by atoms with Crippen LogP contribution in [0, 0.1) is 0 Å². The van der Waals surface area contributed by atoms with Crippen LogP contribution in [0.1, 0.15) is 62.2 Å². The Balaban J connectivity index is 1.43. The molecule has 8 nitrogen and oxygen atoms in total. The minimum Gasteiger partial charge on any atom is -0.455 e. The van der Waals surface area contributed by atoms with Crippen molar-refractivity contribution < 1.29 is 27.5 Å². The van der Waals surface area contributed by atoms with Gasteiger partial charge in [0.15, 0.2) is 5.69 Å². The number of rotatable bonds is 5. The highest BCUT2D eigenvalue weighted by molar-refractivity contribution is 7.13. The van der Waals surface area contributed by atoms with Gasteiger partial charge in [0.2, 0.25) is 0 Å². The molecule has 0 atom stereocenters. The van der Waals surface area contributed by atoms with Crippen LogP contribution < -0.4 is 0 Å². The largest absolute Gasteiger partial charge is 0.455 e. The van der Waals surface area contributed by atoms with Crippen molar-refractivity contribution in [1.29, 1.82) is 0 Å². The molecule has 0 radical (unpaired) electrons. The molecule has 210 valence electrons. The summed E-state index contributed by atoms with van der Waals surface area (Å²) in [6.45, 7) is 8.72. The maximum Gasteiger partial charge on any atom is 0.416 e. The van der Waals surface area contributed by atoms with Crippen molar-refractivity contribution in [2.24, 2.45) is 0 Å². The molecule has 1 amide bonds. The molecule has 0 N–H and O–H groups in total. The second-order valence-corrected chi connectivity index (χ2v) is 11.9. The number of esters is 1. The molecule has 3 aromatic rings. The summed E-state index contributed by atoms with van der Waals surface area (Å²) in [6, 6.07) is 4.93. The van der Waals surface area contributed by atoms with E-state index in [-0.39, 0.29) is 17.3 Å². The Morgan fingerprint density at radius 3 is 2.44 bits per heavy atom. The maximum atomic E-state index is 13.4. The topological polar surface area (TPSA) is 80.6 Å². The fourth-order valence-electron chi connectivity index (χ4n) is 4.47. The minimum absolute atomic E-state index is 0.0624. The second kappa shape index (κ2) is 10.7. The zero-order valence-corrected chi connectivity index (χ0v) is 23.4. The van der Waals surface area contributed by atoms with Gasteiger partial charge in [0.05, 0.1) is 5.56 Å². The number of alkyl halides is 3. The van der Waals surface area contributed by atoms with Crippen molar-refractivity contribution in [2.45, 2.75) is 64.4 Å². The number of benzene rings is 1. The van der Waals surface area contributed by atoms with E-state index in [0.29, 0.717) is 43.0 Å². The molecule has 2 aromatic heterocycles. The van der Waals surface area contributed by atoms with E-state index in [1.165, 1.54) is 35.7 Å². The van der Waals surface area contributed by atoms with Gasteiger partial charge in [0, 0.05) is 48.5 Å². The fraction of sp³-hybridized carbons (Fsp3) is 0.481. The highest BCUT2D eigenvalue weighted by Crippen LogP contribution is 2.36. The Bertz CT molecular complexity index is 1320. The number of carbonyl (C=O) groups is 2. The van der Waals surface area contributed by atoms with Gasteiger partial charge in [0.1, 0.15) is 10.6 Å². The summed E-state index contributed by atoms with van der Waals surface area (Å²) >= 11 is 1.30. The molecule has 12 heteroatoms. The van der Waals surface area contributed by atoms with E-state index in [4.69, 9.17) is 4.74 Å². The number of ether oxygens (including phenoxy) is 1. The zero-order chi connectivity index (χ0) is 28.6. The van der Waals surface area contributed by atoms with Crippen LogP contribution in [0.25, 0.3) is 10.6 Å². The first-order valence-corrected chi connectivity index (χ1v) is 13.4. The highest BCUT2D eigenvalue weighted by atomic mass is 32.1. The molecule has 1 fully saturated rings. The summed E-state index contributed by atoms with van der Waals surface area (Å²) in [5.74, 6) is -0.595. The Morgan fingerprint density at radius 1 is 1.15 bits per heavy atom. The molecule has 1 aliphatic rings. The molecule has 0 saturated carbocycles. The van der Waals surface area contributed by atoms with Crippen LogP contribution in [-0.2, 0) is 17.5 Å². The van der Waals surface area contributed by atoms with E-state index >= 15 is 0 Å². The Labute approximate surface area is 229 Å². The van der Waals surface area contributed by atoms with Crippen LogP contribution in [0.4, 0.5) is 18.0 Å². The van der Waals surface area contributed by atoms with Crippen molar-refractivity contribution >= 4 is 23.3 Å². The molecular formula is C27H32F3N5O3S. The molecule has 0 unspecified atom stereocenters. The lowest BCUT2D eigenvalue weighted by atomic mass is 9.87. The lowest BCUT2D eigenvalue weighted by molar-refractivity contribution is -0.137. The molecule has 0 aliphatic carbocycles. The third-order valence-corrected chi connectivity index (χ3v) is 7.74. The van der Waals surface area contributed by atoms with Gasteiger partial charge in [-0.2, -0.15) is 23.0 Å². The molecule has 3 heterocycles. The summed E-state index contributed by atoms with van der Waals surface area (Å²) in [5, 5.41) is 6.40. The van der Waals surface area contributed by atoms with Crippen LogP contribution in [0.2, 0.25) is 0 Å². The van der Waals surface area contributed by atoms with E-state index < -0.39 is 23.3 Å². The normalized spacial score (nSPS) is 16.0. The van der Waals surface area contributed by atoms with Gasteiger partial charge in [-0.15, -0.1) is 11.3 Å². The molecule has 1 aromatic carbocycles. The van der Waals surface area contributed by atoms with E-state index in [1.807, 2.05) is 7.05 Å². The smallest absolute Gasteiger partial charge is 0.416 e. The highest BCUT2D eigenvalue weighted by Gasteiger charge is 2.37. The standard InChI is InChI=1S/C27H32F3N5O3S/c1-25(2,3)38-23(36)21-8-12-35(32-21)24(37)34-13-9-26(4,10-14-34)33(5)17-18-6-7-19(27(28,29)30)16-20(18)22-31-11-15-39-22/h6-8,11-12,15-16H,9-10,13-14,17H2,1-5H3. The molecule has 39 heavy (non-hydrogen) atoms. The lowest BCUT2D eigenvalue weighted by Crippen LogP contribution is -2.53. The van der Waals surface area contributed by atoms with Crippen LogP contribution in [0.5, 0.6) is 0 Å². The van der Waals surface area contributed by atoms with Crippen molar-refractivity contribution in [3.05, 3.63) is 58.9 Å². The van der Waals surface area contributed by atoms with Crippen molar-refractivity contribution in [2.75, 3.05) is 20.1 Å². The summed E-state index contributed by atoms with van der Waals surface area (Å²) in [5.41, 5.74) is -0.368. The molecule has 1 aliphatic heterocycles. The number of likely N-dealkylation sites (tertiary alicyclic amines) is 1. The van der Waals surface area contributed by atoms with E-state index in [9.17, 15) is 22.8 Å². The van der Waals surface area contributed by atoms with Gasteiger partial charge in [-0.1, -0.05) is 6.07 Å². The first kappa shape index (κ1) is 28.8. The summed E-state index contributed by atoms with van der Waals surface area (Å²) in [6.07, 6.45) is -0.0977. The number of aromatic nitrogens is 3. The third kappa shape index (κ3) is 6.67. The monoisotopic (exact) mass is 563 g/mol. The van der Waals surface area contributed by atoms with Gasteiger partial charge >= 0.3 is 18.2 Å². The van der Waals surface area contributed by atoms with Gasteiger partial charge in [-0.25, -0.2) is 14.6 Å². The van der Waals surface area contributed by atoms with Crippen LogP contribution in [-0.4, -0.2) is 67.8 Å². The van der Waals surface area contributed by atoms with Gasteiger partial charge in [0.25, 0.3) is 0 Å². The van der Waals surface area contributed by atoms with Crippen LogP contribution >= 0.6 is 11.3 Å². The average Bonchev–Trinajstić information content (AvgIpc) is 3.55. The van der Waals surface area contributed by atoms with Gasteiger partial charge in [-0.3, -0.25) is 4.90 Å². The molecule has 0 bridgehead atoms. The van der Waals surface area contributed by atoms with E-state index in [2.05, 4.69) is 21.9 Å². The number of piperidine rings is 1. The average molecular weight is 564 g/mol. The molecule has 0 spiro atoms. The minimum atomic E-state index is -4.44. The van der Waals surface area contributed by atoms with Crippen LogP contribution in [0.3, 0.4) is 0 Å². The second-order valence-electron chi connectivity index (χ2n) is 11.0. The Morgan fingerprint density at radius 2 is 1.85 bits per heavy atom. The Kier molecular flexibility index (Phi) is 7.91. The number of amides is 1. The predicted molar refractivity (Wildman–Crippen MR) is 141 cm³/mol. The molecule has 4 rings (SSSR count). The first-order chi connectivity index (χ1) is 18.2. The van der Waals surface area contributed by atoms with Crippen molar-refractivity contribution in [3.8, 4) is 10.6 Å².